The number of piperidine rings is 1. The third-order valence-corrected chi connectivity index (χ3v) is 5.18. The van der Waals surface area contributed by atoms with Gasteiger partial charge in [-0.05, 0) is 44.7 Å². The molecule has 128 valence electrons. The molecule has 1 saturated carbocycles. The van der Waals surface area contributed by atoms with Gasteiger partial charge in [0, 0.05) is 24.9 Å². The average Bonchev–Trinajstić information content (AvgIpc) is 3.32. The molecule has 2 aliphatic rings. The van der Waals surface area contributed by atoms with Crippen LogP contribution in [0.4, 0.5) is 0 Å². The highest BCUT2D eigenvalue weighted by Gasteiger charge is 2.33. The van der Waals surface area contributed by atoms with E-state index in [9.17, 15) is 5.11 Å². The third kappa shape index (κ3) is 3.37. The summed E-state index contributed by atoms with van der Waals surface area (Å²) in [6.45, 7) is 4.41. The molecule has 1 N–H and O–H groups in total. The summed E-state index contributed by atoms with van der Waals surface area (Å²) in [7, 11) is 0. The maximum Gasteiger partial charge on any atom is 0.229 e. The summed E-state index contributed by atoms with van der Waals surface area (Å²) in [5.74, 6) is 2.48. The van der Waals surface area contributed by atoms with Gasteiger partial charge in [-0.3, -0.25) is 4.90 Å². The zero-order valence-electron chi connectivity index (χ0n) is 14.2. The molecule has 1 saturated heterocycles. The van der Waals surface area contributed by atoms with Gasteiger partial charge >= 0.3 is 0 Å². The molecule has 2 fully saturated rings. The molecular weight excluding hydrogens is 302 g/mol. The van der Waals surface area contributed by atoms with Gasteiger partial charge in [-0.25, -0.2) is 0 Å². The molecule has 2 aromatic rings. The van der Waals surface area contributed by atoms with Crippen LogP contribution in [0.3, 0.4) is 0 Å². The van der Waals surface area contributed by atoms with Gasteiger partial charge in [0.25, 0.3) is 0 Å². The fourth-order valence-electron chi connectivity index (χ4n) is 3.64. The van der Waals surface area contributed by atoms with Crippen LogP contribution in [-0.4, -0.2) is 39.8 Å². The van der Waals surface area contributed by atoms with E-state index in [1.165, 1.54) is 12.8 Å². The van der Waals surface area contributed by atoms with Crippen LogP contribution in [0.15, 0.2) is 34.9 Å². The normalized spacial score (nSPS) is 24.7. The van der Waals surface area contributed by atoms with Gasteiger partial charge in [0.2, 0.25) is 5.89 Å². The Morgan fingerprint density at radius 1 is 1.21 bits per heavy atom. The zero-order valence-corrected chi connectivity index (χ0v) is 14.2. The van der Waals surface area contributed by atoms with Gasteiger partial charge in [-0.2, -0.15) is 4.98 Å². The van der Waals surface area contributed by atoms with Crippen molar-refractivity contribution in [1.82, 2.24) is 15.0 Å². The Morgan fingerprint density at radius 3 is 2.75 bits per heavy atom. The second kappa shape index (κ2) is 6.30. The van der Waals surface area contributed by atoms with Crippen molar-refractivity contribution in [2.24, 2.45) is 0 Å². The molecular formula is C19H25N3O2. The Bertz CT molecular complexity index is 679. The maximum atomic E-state index is 10.9. The minimum Gasteiger partial charge on any atom is -0.384 e. The van der Waals surface area contributed by atoms with Crippen LogP contribution in [0, 0.1) is 0 Å². The first kappa shape index (κ1) is 15.8. The fraction of sp³-hybridized carbons (Fsp3) is 0.579. The van der Waals surface area contributed by atoms with E-state index in [0.717, 1.165) is 43.2 Å². The van der Waals surface area contributed by atoms with Gasteiger partial charge in [0.15, 0.2) is 5.82 Å². The van der Waals surface area contributed by atoms with Crippen molar-refractivity contribution >= 4 is 0 Å². The summed E-state index contributed by atoms with van der Waals surface area (Å²) in [6, 6.07) is 9.90. The summed E-state index contributed by atoms with van der Waals surface area (Å²) in [5.41, 5.74) is 0.113. The molecule has 2 heterocycles. The van der Waals surface area contributed by atoms with Crippen LogP contribution in [0.1, 0.15) is 61.7 Å². The Morgan fingerprint density at radius 2 is 2.00 bits per heavy atom. The van der Waals surface area contributed by atoms with E-state index in [0.29, 0.717) is 18.4 Å². The molecule has 0 radical (unpaired) electrons. The minimum atomic E-state index is -0.848. The average molecular weight is 327 g/mol. The SMILES string of the molecule is C[C@@](O)(CN1CCC[C@@H](c2noc(C3CC3)n2)C1)c1ccccc1. The lowest BCUT2D eigenvalue weighted by Gasteiger charge is -2.36. The van der Waals surface area contributed by atoms with E-state index in [1.54, 1.807) is 0 Å². The molecule has 24 heavy (non-hydrogen) atoms. The van der Waals surface area contributed by atoms with Gasteiger partial charge in [0.05, 0.1) is 5.60 Å². The van der Waals surface area contributed by atoms with Crippen molar-refractivity contribution in [1.29, 1.82) is 0 Å². The molecule has 1 aliphatic carbocycles. The molecule has 1 aromatic carbocycles. The fourth-order valence-corrected chi connectivity index (χ4v) is 3.64. The summed E-state index contributed by atoms with van der Waals surface area (Å²) >= 11 is 0. The van der Waals surface area contributed by atoms with E-state index < -0.39 is 5.60 Å². The lowest BCUT2D eigenvalue weighted by Crippen LogP contribution is -2.43. The molecule has 1 aliphatic heterocycles. The lowest BCUT2D eigenvalue weighted by molar-refractivity contribution is 0.00748. The lowest BCUT2D eigenvalue weighted by atomic mass is 9.92. The molecule has 5 nitrogen and oxygen atoms in total. The van der Waals surface area contributed by atoms with Gasteiger partial charge in [-0.15, -0.1) is 0 Å². The number of β-amino-alcohol motifs (C(OH)–C–C–N with tert-alkyl or cyclic N) is 1. The monoisotopic (exact) mass is 327 g/mol. The standard InChI is InChI=1S/C19H25N3O2/c1-19(23,16-7-3-2-4-8-16)13-22-11-5-6-15(12-22)17-20-18(24-21-17)14-9-10-14/h2-4,7-8,14-15,23H,5-6,9-13H2,1H3/t15-,19-/m1/s1. The van der Waals surface area contributed by atoms with E-state index in [4.69, 9.17) is 4.52 Å². The van der Waals surface area contributed by atoms with Crippen molar-refractivity contribution in [3.63, 3.8) is 0 Å². The van der Waals surface area contributed by atoms with Crippen molar-refractivity contribution in [2.75, 3.05) is 19.6 Å². The molecule has 0 bridgehead atoms. The highest BCUT2D eigenvalue weighted by atomic mass is 16.5. The van der Waals surface area contributed by atoms with E-state index in [-0.39, 0.29) is 0 Å². The maximum absolute atomic E-state index is 10.9. The van der Waals surface area contributed by atoms with Crippen LogP contribution in [0.25, 0.3) is 0 Å². The minimum absolute atomic E-state index is 0.307. The van der Waals surface area contributed by atoms with Crippen LogP contribution < -0.4 is 0 Å². The molecule has 0 unspecified atom stereocenters. The number of hydrogen-bond donors (Lipinski definition) is 1. The van der Waals surface area contributed by atoms with E-state index in [1.807, 2.05) is 37.3 Å². The predicted molar refractivity (Wildman–Crippen MR) is 90.7 cm³/mol. The Hall–Kier alpha value is -1.72. The smallest absolute Gasteiger partial charge is 0.229 e. The molecule has 5 heteroatoms. The summed E-state index contributed by atoms with van der Waals surface area (Å²) < 4.78 is 5.42. The van der Waals surface area contributed by atoms with E-state index >= 15 is 0 Å². The molecule has 4 rings (SSSR count). The number of rotatable bonds is 5. The van der Waals surface area contributed by atoms with Gasteiger partial charge < -0.3 is 9.63 Å². The van der Waals surface area contributed by atoms with Crippen molar-refractivity contribution in [2.45, 2.75) is 50.0 Å². The largest absolute Gasteiger partial charge is 0.384 e. The number of benzene rings is 1. The summed E-state index contributed by atoms with van der Waals surface area (Å²) in [6.07, 6.45) is 4.55. The van der Waals surface area contributed by atoms with Gasteiger partial charge in [-0.1, -0.05) is 35.5 Å². The number of aliphatic hydroxyl groups is 1. The Labute approximate surface area is 142 Å². The Kier molecular flexibility index (Phi) is 4.14. The number of hydrogen-bond acceptors (Lipinski definition) is 5. The first-order valence-electron chi connectivity index (χ1n) is 8.95. The highest BCUT2D eigenvalue weighted by molar-refractivity contribution is 5.22. The number of aromatic nitrogens is 2. The Balaban J connectivity index is 1.42. The number of nitrogens with zero attached hydrogens (tertiary/aromatic N) is 3. The first-order valence-corrected chi connectivity index (χ1v) is 8.95. The quantitative estimate of drug-likeness (QED) is 0.914. The van der Waals surface area contributed by atoms with Crippen molar-refractivity contribution < 1.29 is 9.63 Å². The van der Waals surface area contributed by atoms with Crippen LogP contribution >= 0.6 is 0 Å². The van der Waals surface area contributed by atoms with E-state index in [2.05, 4.69) is 15.0 Å². The summed E-state index contributed by atoms with van der Waals surface area (Å²) in [4.78, 5) is 6.95. The summed E-state index contributed by atoms with van der Waals surface area (Å²) in [5, 5.41) is 15.1. The van der Waals surface area contributed by atoms with Crippen LogP contribution in [-0.2, 0) is 5.60 Å². The van der Waals surface area contributed by atoms with Crippen LogP contribution in [0.5, 0.6) is 0 Å². The van der Waals surface area contributed by atoms with Crippen LogP contribution in [0.2, 0.25) is 0 Å². The van der Waals surface area contributed by atoms with Gasteiger partial charge in [0.1, 0.15) is 0 Å². The highest BCUT2D eigenvalue weighted by Crippen LogP contribution is 2.39. The third-order valence-electron chi connectivity index (χ3n) is 5.18. The predicted octanol–water partition coefficient (Wildman–Crippen LogP) is 3.03. The zero-order chi connectivity index (χ0) is 16.6. The molecule has 1 aromatic heterocycles. The molecule has 0 spiro atoms. The molecule has 0 amide bonds. The molecule has 2 atom stereocenters. The second-order valence-electron chi connectivity index (χ2n) is 7.48. The second-order valence-corrected chi connectivity index (χ2v) is 7.48. The topological polar surface area (TPSA) is 62.4 Å². The first-order chi connectivity index (χ1) is 11.6. The number of likely N-dealkylation sites (tertiary alicyclic amines) is 1. The van der Waals surface area contributed by atoms with Crippen molar-refractivity contribution in [3.8, 4) is 0 Å². The van der Waals surface area contributed by atoms with Crippen molar-refractivity contribution in [3.05, 3.63) is 47.6 Å².